The van der Waals surface area contributed by atoms with Crippen molar-refractivity contribution >= 4 is 21.7 Å². The molecule has 0 radical (unpaired) electrons. The van der Waals surface area contributed by atoms with Crippen LogP contribution in [0.3, 0.4) is 0 Å². The van der Waals surface area contributed by atoms with Gasteiger partial charge in [-0.3, -0.25) is 4.18 Å². The van der Waals surface area contributed by atoms with Gasteiger partial charge in [0.15, 0.2) is 6.04 Å². The quantitative estimate of drug-likeness (QED) is 0.632. The van der Waals surface area contributed by atoms with Crippen molar-refractivity contribution in [2.45, 2.75) is 36.8 Å². The van der Waals surface area contributed by atoms with Crippen LogP contribution >= 0.6 is 11.6 Å². The molecule has 0 aliphatic heterocycles. The fraction of sp³-hybridized carbons (Fsp3) is 0.385. The summed E-state index contributed by atoms with van der Waals surface area (Å²) >= 11 is 5.87. The molecule has 7 heteroatoms. The van der Waals surface area contributed by atoms with Crippen molar-refractivity contribution in [2.75, 3.05) is 0 Å². The Morgan fingerprint density at radius 3 is 2.55 bits per heavy atom. The predicted octanol–water partition coefficient (Wildman–Crippen LogP) is 3.12. The first-order valence-electron chi connectivity index (χ1n) is 6.12. The second-order valence-corrected chi connectivity index (χ2v) is 6.63. The first kappa shape index (κ1) is 15.2. The van der Waals surface area contributed by atoms with Gasteiger partial charge in [-0.15, -0.1) is 0 Å². The molecule has 2 rings (SSSR count). The SMILES string of the molecule is Cc1ccc(S(=O)(=O)O[C@H]2CCC=C(Cl)[C@H]2N=O)cc1. The lowest BCUT2D eigenvalue weighted by atomic mass is 10.0. The van der Waals surface area contributed by atoms with Crippen LogP contribution in [-0.2, 0) is 14.3 Å². The van der Waals surface area contributed by atoms with Gasteiger partial charge in [-0.25, -0.2) is 0 Å². The predicted molar refractivity (Wildman–Crippen MR) is 76.0 cm³/mol. The van der Waals surface area contributed by atoms with Crippen LogP contribution in [0.25, 0.3) is 0 Å². The van der Waals surface area contributed by atoms with E-state index in [1.54, 1.807) is 18.2 Å². The summed E-state index contributed by atoms with van der Waals surface area (Å²) in [5.41, 5.74) is 0.944. The molecule has 1 aliphatic rings. The van der Waals surface area contributed by atoms with Gasteiger partial charge < -0.3 is 0 Å². The van der Waals surface area contributed by atoms with Crippen molar-refractivity contribution in [2.24, 2.45) is 5.18 Å². The third-order valence-corrected chi connectivity index (χ3v) is 4.83. The van der Waals surface area contributed by atoms with Gasteiger partial charge in [0, 0.05) is 5.03 Å². The maximum atomic E-state index is 12.2. The highest BCUT2D eigenvalue weighted by Crippen LogP contribution is 2.29. The summed E-state index contributed by atoms with van der Waals surface area (Å²) in [6.45, 7) is 1.86. The lowest BCUT2D eigenvalue weighted by Gasteiger charge is -2.24. The zero-order valence-electron chi connectivity index (χ0n) is 10.8. The molecule has 108 valence electrons. The molecule has 0 N–H and O–H groups in total. The highest BCUT2D eigenvalue weighted by Gasteiger charge is 2.33. The van der Waals surface area contributed by atoms with Crippen LogP contribution in [0, 0.1) is 11.8 Å². The maximum absolute atomic E-state index is 12.2. The van der Waals surface area contributed by atoms with Gasteiger partial charge in [-0.2, -0.15) is 13.3 Å². The first-order chi connectivity index (χ1) is 9.44. The molecule has 0 bridgehead atoms. The second kappa shape index (κ2) is 6.03. The summed E-state index contributed by atoms with van der Waals surface area (Å²) in [5.74, 6) is 0. The fourth-order valence-corrected chi connectivity index (χ4v) is 3.38. The molecule has 0 heterocycles. The van der Waals surface area contributed by atoms with E-state index in [0.29, 0.717) is 12.8 Å². The van der Waals surface area contributed by atoms with E-state index in [1.165, 1.54) is 12.1 Å². The van der Waals surface area contributed by atoms with E-state index in [0.717, 1.165) is 5.56 Å². The Morgan fingerprint density at radius 1 is 1.30 bits per heavy atom. The van der Waals surface area contributed by atoms with Gasteiger partial charge in [0.2, 0.25) is 0 Å². The summed E-state index contributed by atoms with van der Waals surface area (Å²) in [6, 6.07) is 5.33. The normalized spacial score (nSPS) is 23.2. The van der Waals surface area contributed by atoms with E-state index in [-0.39, 0.29) is 9.93 Å². The number of halogens is 1. The number of allylic oxidation sites excluding steroid dienone is 1. The number of aryl methyl sites for hydroxylation is 1. The molecular formula is C13H14ClNO4S. The fourth-order valence-electron chi connectivity index (χ4n) is 1.98. The van der Waals surface area contributed by atoms with E-state index < -0.39 is 22.3 Å². The molecule has 0 aromatic heterocycles. The summed E-state index contributed by atoms with van der Waals surface area (Å²) in [4.78, 5) is 10.9. The van der Waals surface area contributed by atoms with Crippen LogP contribution in [0.15, 0.2) is 45.4 Å². The summed E-state index contributed by atoms with van der Waals surface area (Å²) < 4.78 is 29.4. The smallest absolute Gasteiger partial charge is 0.260 e. The van der Waals surface area contributed by atoms with Gasteiger partial charge in [-0.1, -0.05) is 40.6 Å². The van der Waals surface area contributed by atoms with Gasteiger partial charge >= 0.3 is 0 Å². The molecule has 1 aromatic carbocycles. The maximum Gasteiger partial charge on any atom is 0.297 e. The summed E-state index contributed by atoms with van der Waals surface area (Å²) in [5, 5.41) is 3.09. The van der Waals surface area contributed by atoms with Crippen LogP contribution < -0.4 is 0 Å². The largest absolute Gasteiger partial charge is 0.297 e. The Kier molecular flexibility index (Phi) is 4.57. The van der Waals surface area contributed by atoms with Crippen LogP contribution in [0.2, 0.25) is 0 Å². The number of hydrogen-bond acceptors (Lipinski definition) is 5. The molecule has 2 atom stereocenters. The molecule has 0 amide bonds. The van der Waals surface area contributed by atoms with Crippen LogP contribution in [0.4, 0.5) is 0 Å². The second-order valence-electron chi connectivity index (χ2n) is 4.62. The molecule has 20 heavy (non-hydrogen) atoms. The van der Waals surface area contributed by atoms with E-state index >= 15 is 0 Å². The Labute approximate surface area is 122 Å². The van der Waals surface area contributed by atoms with Crippen LogP contribution in [0.1, 0.15) is 18.4 Å². The van der Waals surface area contributed by atoms with Crippen molar-refractivity contribution in [3.8, 4) is 0 Å². The average molecular weight is 316 g/mol. The van der Waals surface area contributed by atoms with E-state index in [2.05, 4.69) is 5.18 Å². The lowest BCUT2D eigenvalue weighted by Crippen LogP contribution is -2.32. The van der Waals surface area contributed by atoms with Crippen LogP contribution in [0.5, 0.6) is 0 Å². The Morgan fingerprint density at radius 2 is 1.95 bits per heavy atom. The molecule has 0 fully saturated rings. The minimum Gasteiger partial charge on any atom is -0.260 e. The third-order valence-electron chi connectivity index (χ3n) is 3.10. The molecule has 5 nitrogen and oxygen atoms in total. The number of rotatable bonds is 4. The molecule has 0 saturated carbocycles. The van der Waals surface area contributed by atoms with Crippen molar-refractivity contribution < 1.29 is 12.6 Å². The molecule has 0 unspecified atom stereocenters. The summed E-state index contributed by atoms with van der Waals surface area (Å²) in [7, 11) is -3.93. The standard InChI is InChI=1S/C13H14ClNO4S/c1-9-5-7-10(8-6-9)20(17,18)19-12-4-2-3-11(14)13(12)15-16/h3,5-8,12-13H,2,4H2,1H3/t12-,13+/m0/s1. The van der Waals surface area contributed by atoms with Gasteiger partial charge in [0.25, 0.3) is 10.1 Å². The Balaban J connectivity index is 2.22. The average Bonchev–Trinajstić information content (AvgIpc) is 2.39. The number of benzene rings is 1. The van der Waals surface area contributed by atoms with E-state index in [1.807, 2.05) is 6.92 Å². The van der Waals surface area contributed by atoms with Crippen molar-refractivity contribution in [1.29, 1.82) is 0 Å². The highest BCUT2D eigenvalue weighted by molar-refractivity contribution is 7.86. The van der Waals surface area contributed by atoms with Crippen molar-refractivity contribution in [3.63, 3.8) is 0 Å². The van der Waals surface area contributed by atoms with Crippen molar-refractivity contribution in [1.82, 2.24) is 0 Å². The molecule has 1 aliphatic carbocycles. The Hall–Kier alpha value is -1.24. The summed E-state index contributed by atoms with van der Waals surface area (Å²) in [6.07, 6.45) is 1.75. The Bertz CT molecular complexity index is 624. The molecule has 0 saturated heterocycles. The third kappa shape index (κ3) is 3.26. The molecule has 0 spiro atoms. The first-order valence-corrected chi connectivity index (χ1v) is 7.90. The highest BCUT2D eigenvalue weighted by atomic mass is 35.5. The molecule has 1 aromatic rings. The van der Waals surface area contributed by atoms with E-state index in [9.17, 15) is 13.3 Å². The number of nitroso groups, excluding NO2 is 1. The number of nitrogens with zero attached hydrogens (tertiary/aromatic N) is 1. The van der Waals surface area contributed by atoms with Crippen LogP contribution in [-0.4, -0.2) is 20.6 Å². The lowest BCUT2D eigenvalue weighted by molar-refractivity contribution is 0.178. The molecular weight excluding hydrogens is 302 g/mol. The van der Waals surface area contributed by atoms with E-state index in [4.69, 9.17) is 15.8 Å². The minimum atomic E-state index is -3.93. The van der Waals surface area contributed by atoms with Gasteiger partial charge in [0.1, 0.15) is 6.10 Å². The van der Waals surface area contributed by atoms with Crippen molar-refractivity contribution in [3.05, 3.63) is 45.8 Å². The topological polar surface area (TPSA) is 72.8 Å². The zero-order valence-corrected chi connectivity index (χ0v) is 12.4. The monoisotopic (exact) mass is 315 g/mol. The zero-order chi connectivity index (χ0) is 14.8. The minimum absolute atomic E-state index is 0.0541. The number of hydrogen-bond donors (Lipinski definition) is 0. The van der Waals surface area contributed by atoms with Gasteiger partial charge in [-0.05, 0) is 31.9 Å². The van der Waals surface area contributed by atoms with Gasteiger partial charge in [0.05, 0.1) is 4.90 Å².